The lowest BCUT2D eigenvalue weighted by Gasteiger charge is -2.06. The highest BCUT2D eigenvalue weighted by atomic mass is 16.5. The fraction of sp³-hybridized carbons (Fsp3) is 0.0667. The molecule has 1 aromatic carbocycles. The number of aromatic hydroxyl groups is 1. The Morgan fingerprint density at radius 2 is 2.05 bits per heavy atom. The van der Waals surface area contributed by atoms with Gasteiger partial charge in [-0.15, -0.1) is 0 Å². The van der Waals surface area contributed by atoms with E-state index in [0.29, 0.717) is 10.9 Å². The van der Waals surface area contributed by atoms with Crippen LogP contribution in [-0.2, 0) is 11.3 Å². The molecule has 0 saturated heterocycles. The van der Waals surface area contributed by atoms with Crippen LogP contribution in [0.25, 0.3) is 10.8 Å². The quantitative estimate of drug-likeness (QED) is 0.716. The number of benzene rings is 1. The highest BCUT2D eigenvalue weighted by molar-refractivity contribution is 5.98. The van der Waals surface area contributed by atoms with Crippen molar-refractivity contribution >= 4 is 16.7 Å². The molecule has 0 unspecified atom stereocenters. The van der Waals surface area contributed by atoms with Crippen LogP contribution in [0.5, 0.6) is 5.75 Å². The summed E-state index contributed by atoms with van der Waals surface area (Å²) >= 11 is 0. The summed E-state index contributed by atoms with van der Waals surface area (Å²) in [7, 11) is 0. The van der Waals surface area contributed by atoms with E-state index < -0.39 is 5.97 Å². The number of esters is 1. The van der Waals surface area contributed by atoms with Crippen molar-refractivity contribution in [2.75, 3.05) is 0 Å². The number of phenolic OH excluding ortho intramolecular Hbond substituents is 1. The zero-order chi connectivity index (χ0) is 13.9. The molecule has 2 aromatic heterocycles. The van der Waals surface area contributed by atoms with Crippen LogP contribution in [0, 0.1) is 0 Å². The molecule has 0 bridgehead atoms. The molecular formula is C15H12N2O3. The standard InChI is InChI=1S/C15H12N2O3/c18-14-6-11(5-12-7-17-8-13(12)14)15(19)20-9-10-1-3-16-4-2-10/h1-8,17-18H,9H2. The number of fused-ring (bicyclic) bond motifs is 1. The molecule has 20 heavy (non-hydrogen) atoms. The van der Waals surface area contributed by atoms with Gasteiger partial charge in [-0.1, -0.05) is 0 Å². The van der Waals surface area contributed by atoms with Gasteiger partial charge in [0.05, 0.1) is 5.56 Å². The molecular weight excluding hydrogens is 256 g/mol. The first-order valence-corrected chi connectivity index (χ1v) is 6.09. The van der Waals surface area contributed by atoms with Crippen molar-refractivity contribution in [1.29, 1.82) is 0 Å². The maximum absolute atomic E-state index is 12.0. The molecule has 0 saturated carbocycles. The maximum atomic E-state index is 12.0. The van der Waals surface area contributed by atoms with Crippen LogP contribution in [0.3, 0.4) is 0 Å². The van der Waals surface area contributed by atoms with E-state index in [1.165, 1.54) is 6.07 Å². The van der Waals surface area contributed by atoms with Gasteiger partial charge in [0.15, 0.2) is 0 Å². The smallest absolute Gasteiger partial charge is 0.338 e. The zero-order valence-electron chi connectivity index (χ0n) is 10.5. The number of hydrogen-bond acceptors (Lipinski definition) is 4. The molecule has 0 amide bonds. The normalized spacial score (nSPS) is 10.6. The average Bonchev–Trinajstić information content (AvgIpc) is 2.95. The number of hydrogen-bond donors (Lipinski definition) is 2. The summed E-state index contributed by atoms with van der Waals surface area (Å²) in [5.41, 5.74) is 1.18. The number of aromatic amines is 1. The van der Waals surface area contributed by atoms with Crippen molar-refractivity contribution < 1.29 is 14.6 Å². The molecule has 0 radical (unpaired) electrons. The van der Waals surface area contributed by atoms with E-state index in [2.05, 4.69) is 9.97 Å². The second kappa shape index (κ2) is 5.05. The number of phenols is 1. The molecule has 3 aromatic rings. The van der Waals surface area contributed by atoms with Gasteiger partial charge in [0, 0.05) is 35.6 Å². The van der Waals surface area contributed by atoms with E-state index in [0.717, 1.165) is 10.9 Å². The lowest BCUT2D eigenvalue weighted by Crippen LogP contribution is -2.05. The number of aromatic nitrogens is 2. The first-order chi connectivity index (χ1) is 9.74. The summed E-state index contributed by atoms with van der Waals surface area (Å²) < 4.78 is 5.21. The molecule has 0 aliphatic heterocycles. The molecule has 5 nitrogen and oxygen atoms in total. The minimum atomic E-state index is -0.472. The van der Waals surface area contributed by atoms with Crippen LogP contribution in [0.2, 0.25) is 0 Å². The van der Waals surface area contributed by atoms with Gasteiger partial charge in [-0.2, -0.15) is 0 Å². The Balaban J connectivity index is 1.78. The number of carbonyl (C=O) groups is 1. The first kappa shape index (κ1) is 12.2. The number of H-pyrrole nitrogens is 1. The van der Waals surface area contributed by atoms with Crippen molar-refractivity contribution in [3.05, 3.63) is 60.2 Å². The number of nitrogens with zero attached hydrogens (tertiary/aromatic N) is 1. The van der Waals surface area contributed by atoms with E-state index in [-0.39, 0.29) is 12.4 Å². The Bertz CT molecular complexity index is 750. The molecule has 5 heteroatoms. The molecule has 0 atom stereocenters. The van der Waals surface area contributed by atoms with E-state index in [1.54, 1.807) is 43.0 Å². The third kappa shape index (κ3) is 2.33. The number of pyridine rings is 1. The first-order valence-electron chi connectivity index (χ1n) is 6.09. The topological polar surface area (TPSA) is 75.2 Å². The molecule has 0 aliphatic rings. The van der Waals surface area contributed by atoms with Gasteiger partial charge in [-0.05, 0) is 29.8 Å². The van der Waals surface area contributed by atoms with Gasteiger partial charge in [0.2, 0.25) is 0 Å². The Labute approximate surface area is 114 Å². The maximum Gasteiger partial charge on any atom is 0.338 e. The van der Waals surface area contributed by atoms with E-state index >= 15 is 0 Å². The summed E-state index contributed by atoms with van der Waals surface area (Å²) in [4.78, 5) is 18.8. The van der Waals surface area contributed by atoms with Gasteiger partial charge >= 0.3 is 5.97 Å². The van der Waals surface area contributed by atoms with Crippen molar-refractivity contribution in [2.24, 2.45) is 0 Å². The van der Waals surface area contributed by atoms with Gasteiger partial charge in [0.1, 0.15) is 12.4 Å². The third-order valence-electron chi connectivity index (χ3n) is 3.01. The van der Waals surface area contributed by atoms with Crippen LogP contribution in [0.1, 0.15) is 15.9 Å². The highest BCUT2D eigenvalue weighted by Gasteiger charge is 2.11. The summed E-state index contributed by atoms with van der Waals surface area (Å²) in [6.45, 7) is 0.174. The van der Waals surface area contributed by atoms with Crippen molar-refractivity contribution in [1.82, 2.24) is 9.97 Å². The number of carbonyl (C=O) groups excluding carboxylic acids is 1. The zero-order valence-corrected chi connectivity index (χ0v) is 10.5. The Hall–Kier alpha value is -2.82. The minimum absolute atomic E-state index is 0.0552. The fourth-order valence-corrected chi connectivity index (χ4v) is 1.98. The summed E-state index contributed by atoms with van der Waals surface area (Å²) in [5.74, 6) is -0.417. The summed E-state index contributed by atoms with van der Waals surface area (Å²) in [6, 6.07) is 6.64. The Morgan fingerprint density at radius 1 is 1.25 bits per heavy atom. The molecule has 2 N–H and O–H groups in total. The second-order valence-corrected chi connectivity index (χ2v) is 4.39. The lowest BCUT2D eigenvalue weighted by molar-refractivity contribution is 0.0472. The summed E-state index contributed by atoms with van der Waals surface area (Å²) in [5, 5.41) is 11.3. The number of rotatable bonds is 3. The van der Waals surface area contributed by atoms with Crippen molar-refractivity contribution in [2.45, 2.75) is 6.61 Å². The van der Waals surface area contributed by atoms with Crippen LogP contribution in [-0.4, -0.2) is 21.0 Å². The van der Waals surface area contributed by atoms with Gasteiger partial charge in [-0.3, -0.25) is 4.98 Å². The molecule has 2 heterocycles. The predicted molar refractivity (Wildman–Crippen MR) is 73.3 cm³/mol. The summed E-state index contributed by atoms with van der Waals surface area (Å²) in [6.07, 6.45) is 6.67. The Morgan fingerprint density at radius 3 is 2.85 bits per heavy atom. The monoisotopic (exact) mass is 268 g/mol. The molecule has 0 spiro atoms. The fourth-order valence-electron chi connectivity index (χ4n) is 1.98. The molecule has 3 rings (SSSR count). The average molecular weight is 268 g/mol. The lowest BCUT2D eigenvalue weighted by atomic mass is 10.1. The highest BCUT2D eigenvalue weighted by Crippen LogP contribution is 2.26. The SMILES string of the molecule is O=C(OCc1ccncc1)c1cc(O)c2c[nH]cc2c1. The van der Waals surface area contributed by atoms with Crippen LogP contribution < -0.4 is 0 Å². The van der Waals surface area contributed by atoms with Crippen LogP contribution in [0.15, 0.2) is 49.1 Å². The predicted octanol–water partition coefficient (Wildman–Crippen LogP) is 2.63. The van der Waals surface area contributed by atoms with Crippen LogP contribution in [0.4, 0.5) is 0 Å². The van der Waals surface area contributed by atoms with E-state index in [1.807, 2.05) is 0 Å². The largest absolute Gasteiger partial charge is 0.507 e. The van der Waals surface area contributed by atoms with Crippen LogP contribution >= 0.6 is 0 Å². The van der Waals surface area contributed by atoms with Gasteiger partial charge in [0.25, 0.3) is 0 Å². The van der Waals surface area contributed by atoms with Crippen molar-refractivity contribution in [3.63, 3.8) is 0 Å². The molecule has 0 aliphatic carbocycles. The van der Waals surface area contributed by atoms with Gasteiger partial charge < -0.3 is 14.8 Å². The van der Waals surface area contributed by atoms with Crippen molar-refractivity contribution in [3.8, 4) is 5.75 Å². The number of ether oxygens (including phenoxy) is 1. The molecule has 0 fully saturated rings. The molecule has 100 valence electrons. The van der Waals surface area contributed by atoms with E-state index in [4.69, 9.17) is 4.74 Å². The Kier molecular flexibility index (Phi) is 3.09. The third-order valence-corrected chi connectivity index (χ3v) is 3.01. The minimum Gasteiger partial charge on any atom is -0.507 e. The second-order valence-electron chi connectivity index (χ2n) is 4.39. The number of nitrogens with one attached hydrogen (secondary N) is 1. The van der Waals surface area contributed by atoms with E-state index in [9.17, 15) is 9.90 Å². The van der Waals surface area contributed by atoms with Gasteiger partial charge in [-0.25, -0.2) is 4.79 Å².